The number of rotatable bonds is 3. The van der Waals surface area contributed by atoms with Crippen molar-refractivity contribution in [3.05, 3.63) is 26.7 Å². The Morgan fingerprint density at radius 3 is 2.21 bits per heavy atom. The maximum atomic E-state index is 13.7. The van der Waals surface area contributed by atoms with E-state index < -0.39 is 33.0 Å². The van der Waals surface area contributed by atoms with Gasteiger partial charge >= 0.3 is 11.2 Å². The molecular formula is C27H38N5O2+3. The van der Waals surface area contributed by atoms with Crippen molar-refractivity contribution in [2.24, 2.45) is 22.2 Å². The summed E-state index contributed by atoms with van der Waals surface area (Å²) in [5.41, 5.74) is -4.40. The maximum absolute atomic E-state index is 13.7. The lowest BCUT2D eigenvalue weighted by Crippen LogP contribution is -2.79. The van der Waals surface area contributed by atoms with Gasteiger partial charge in [0.1, 0.15) is 5.41 Å². The monoisotopic (exact) mass is 464 g/mol. The van der Waals surface area contributed by atoms with Gasteiger partial charge in [0.25, 0.3) is 25.3 Å². The second-order valence-electron chi connectivity index (χ2n) is 11.3. The van der Waals surface area contributed by atoms with Gasteiger partial charge in [0.2, 0.25) is 11.8 Å². The average molecular weight is 465 g/mol. The molecule has 4 rings (SSSR count). The molecule has 0 aromatic rings. The minimum absolute atomic E-state index is 0.174. The van der Waals surface area contributed by atoms with Gasteiger partial charge in [0.05, 0.1) is 17.8 Å². The van der Waals surface area contributed by atoms with E-state index in [1.165, 1.54) is 6.08 Å². The van der Waals surface area contributed by atoms with Gasteiger partial charge in [-0.2, -0.15) is 0 Å². The number of carbonyl (C=O) groups excluding carboxylic acids is 2. The molecule has 1 N–H and O–H groups in total. The lowest BCUT2D eigenvalue weighted by atomic mass is 9.35. The van der Waals surface area contributed by atoms with E-state index in [-0.39, 0.29) is 17.7 Å². The standard InChI is InChI=1S/C27H37N5O2/c1-9-32(10-2)21(34)19-11-14-25(28-6)22(19,3)15-17-26(29-7)23(25,4)16-18-27(30-8)24(26,5)13-12-20(33)31-27/h6-8,12-13,19H,9-11,14-18H2,1-5H3/q+2/p+1/t19-,22-,23+,24-,25+,26-,27-/m1/s1. The molecule has 0 saturated heterocycles. The van der Waals surface area contributed by atoms with Crippen LogP contribution in [0.5, 0.6) is 0 Å². The van der Waals surface area contributed by atoms with Crippen LogP contribution in [0.15, 0.2) is 12.2 Å². The molecule has 2 amide bonds. The first-order chi connectivity index (χ1) is 16.0. The Morgan fingerprint density at radius 1 is 1.00 bits per heavy atom. The van der Waals surface area contributed by atoms with Crippen molar-refractivity contribution in [3.63, 3.8) is 0 Å². The molecule has 7 heteroatoms. The van der Waals surface area contributed by atoms with Crippen LogP contribution in [0.4, 0.5) is 0 Å². The summed E-state index contributed by atoms with van der Waals surface area (Å²) in [6.45, 7) is 30.5. The molecule has 0 spiro atoms. The number of nitrogens with zero attached hydrogens (tertiary/aromatic N) is 4. The number of hydrogen-bond donors (Lipinski definition) is 1. The molecule has 34 heavy (non-hydrogen) atoms. The van der Waals surface area contributed by atoms with Crippen LogP contribution >= 0.6 is 0 Å². The lowest BCUT2D eigenvalue weighted by molar-refractivity contribution is -0.159. The van der Waals surface area contributed by atoms with Crippen molar-refractivity contribution in [2.75, 3.05) is 13.1 Å². The van der Waals surface area contributed by atoms with E-state index in [1.807, 2.05) is 31.7 Å². The molecule has 0 aromatic carbocycles. The topological polar surface area (TPSA) is 62.5 Å². The number of carbonyl (C=O) groups is 2. The first-order valence-electron chi connectivity index (χ1n) is 12.5. The van der Waals surface area contributed by atoms with Crippen molar-refractivity contribution < 1.29 is 9.59 Å². The third kappa shape index (κ3) is 2.30. The Labute approximate surface area is 203 Å². The summed E-state index contributed by atoms with van der Waals surface area (Å²) < 4.78 is 0. The van der Waals surface area contributed by atoms with Gasteiger partial charge in [-0.15, -0.1) is 0 Å². The Hall–Kier alpha value is -2.85. The van der Waals surface area contributed by atoms with Crippen molar-refractivity contribution in [3.8, 4) is 19.7 Å². The fourth-order valence-corrected chi connectivity index (χ4v) is 8.90. The first kappa shape index (κ1) is 24.3. The fraction of sp³-hybridized carbons (Fsp3) is 0.741. The molecule has 0 radical (unpaired) electrons. The quantitative estimate of drug-likeness (QED) is 0.663. The molecule has 3 fully saturated rings. The lowest BCUT2D eigenvalue weighted by Gasteiger charge is -2.60. The van der Waals surface area contributed by atoms with E-state index in [1.54, 1.807) is 0 Å². The zero-order valence-corrected chi connectivity index (χ0v) is 21.2. The van der Waals surface area contributed by atoms with E-state index in [0.29, 0.717) is 45.2 Å². The highest BCUT2D eigenvalue weighted by molar-refractivity contribution is 5.90. The van der Waals surface area contributed by atoms with Crippen LogP contribution in [-0.2, 0) is 9.59 Å². The summed E-state index contributed by atoms with van der Waals surface area (Å²) >= 11 is 0. The SMILES string of the molecule is C#[N+][C@]12CC[C@]3(C)[C@@H](C(=O)N(CC)CC)CC[C@@]3([N+]#C)[C@]1(C)CC[C@@]1([N+]#C)NC(=O)C=C[C@]21C. The minimum Gasteiger partial charge on any atom is -0.343 e. The van der Waals surface area contributed by atoms with Gasteiger partial charge in [0, 0.05) is 32.0 Å². The van der Waals surface area contributed by atoms with Crippen molar-refractivity contribution >= 4 is 11.8 Å². The van der Waals surface area contributed by atoms with Gasteiger partial charge < -0.3 is 4.90 Å². The molecule has 1 aliphatic heterocycles. The summed E-state index contributed by atoms with van der Waals surface area (Å²) in [5, 5.41) is 3.03. The van der Waals surface area contributed by atoms with E-state index in [4.69, 9.17) is 19.7 Å². The fourth-order valence-electron chi connectivity index (χ4n) is 8.90. The van der Waals surface area contributed by atoms with Gasteiger partial charge in [-0.25, -0.2) is 0 Å². The molecule has 3 saturated carbocycles. The normalized spacial score (nSPS) is 46.5. The zero-order valence-electron chi connectivity index (χ0n) is 21.2. The summed E-state index contributed by atoms with van der Waals surface area (Å²) in [5.74, 6) is -0.225. The Balaban J connectivity index is 1.93. The van der Waals surface area contributed by atoms with Crippen LogP contribution in [0.1, 0.15) is 73.1 Å². The molecule has 0 unspecified atom stereocenters. The molecule has 1 heterocycles. The van der Waals surface area contributed by atoms with Gasteiger partial charge in [-0.3, -0.25) is 14.9 Å². The zero-order chi connectivity index (χ0) is 25.2. The first-order valence-corrected chi connectivity index (χ1v) is 12.5. The van der Waals surface area contributed by atoms with E-state index in [9.17, 15) is 9.59 Å². The molecule has 3 aliphatic carbocycles. The smallest absolute Gasteiger partial charge is 0.343 e. The van der Waals surface area contributed by atoms with Crippen LogP contribution in [0, 0.1) is 41.9 Å². The molecule has 4 aliphatic rings. The molecule has 7 nitrogen and oxygen atoms in total. The maximum Gasteiger partial charge on any atom is 0.372 e. The second kappa shape index (κ2) is 7.32. The number of amides is 2. The number of hydrogen-bond acceptors (Lipinski definition) is 2. The van der Waals surface area contributed by atoms with Crippen LogP contribution < -0.4 is 5.32 Å². The Bertz CT molecular complexity index is 1090. The third-order valence-electron chi connectivity index (χ3n) is 11.0. The number of nitrogens with one attached hydrogen (secondary N) is 1. The summed E-state index contributed by atoms with van der Waals surface area (Å²) in [6.07, 6.45) is 7.23. The van der Waals surface area contributed by atoms with Crippen LogP contribution in [0.25, 0.3) is 14.5 Å². The van der Waals surface area contributed by atoms with Crippen LogP contribution in [0.2, 0.25) is 0 Å². The van der Waals surface area contributed by atoms with E-state index in [2.05, 4.69) is 33.7 Å². The summed E-state index contributed by atoms with van der Waals surface area (Å²) in [4.78, 5) is 41.6. The van der Waals surface area contributed by atoms with Crippen LogP contribution in [-0.4, -0.2) is 46.5 Å². The van der Waals surface area contributed by atoms with Gasteiger partial charge in [-0.1, -0.05) is 27.5 Å². The molecule has 180 valence electrons. The van der Waals surface area contributed by atoms with Gasteiger partial charge in [-0.05, 0) is 47.0 Å². The Kier molecular flexibility index (Phi) is 5.23. The van der Waals surface area contributed by atoms with Crippen molar-refractivity contribution in [2.45, 2.75) is 89.9 Å². The Morgan fingerprint density at radius 2 is 1.65 bits per heavy atom. The summed E-state index contributed by atoms with van der Waals surface area (Å²) in [6, 6.07) is 0. The van der Waals surface area contributed by atoms with E-state index >= 15 is 0 Å². The van der Waals surface area contributed by atoms with Crippen molar-refractivity contribution in [1.82, 2.24) is 10.2 Å². The highest BCUT2D eigenvalue weighted by atomic mass is 16.2. The molecule has 0 aromatic heterocycles. The molecule has 7 atom stereocenters. The number of fused-ring (bicyclic) bond motifs is 5. The minimum atomic E-state index is -1.03. The predicted octanol–water partition coefficient (Wildman–Crippen LogP) is 4.62. The van der Waals surface area contributed by atoms with Gasteiger partial charge in [0.15, 0.2) is 5.41 Å². The third-order valence-corrected chi connectivity index (χ3v) is 11.0. The second-order valence-corrected chi connectivity index (χ2v) is 11.3. The predicted molar refractivity (Wildman–Crippen MR) is 134 cm³/mol. The molecular weight excluding hydrogens is 426 g/mol. The largest absolute Gasteiger partial charge is 0.372 e. The van der Waals surface area contributed by atoms with E-state index in [0.717, 1.165) is 6.42 Å². The highest BCUT2D eigenvalue weighted by Gasteiger charge is 2.94. The van der Waals surface area contributed by atoms with Crippen LogP contribution in [0.3, 0.4) is 0 Å². The van der Waals surface area contributed by atoms with Crippen molar-refractivity contribution in [1.29, 1.82) is 0 Å². The highest BCUT2D eigenvalue weighted by Crippen LogP contribution is 2.77. The molecule has 0 bridgehead atoms. The average Bonchev–Trinajstić information content (AvgIpc) is 3.14. The summed E-state index contributed by atoms with van der Waals surface area (Å²) in [7, 11) is 0.